The Balaban J connectivity index is 1.46. The van der Waals surface area contributed by atoms with Crippen LogP contribution in [0, 0.1) is 17.8 Å². The lowest BCUT2D eigenvalue weighted by molar-refractivity contribution is -0.134. The van der Waals surface area contributed by atoms with E-state index in [-0.39, 0.29) is 42.2 Å². The van der Waals surface area contributed by atoms with Crippen LogP contribution in [0.25, 0.3) is 10.2 Å². The molecule has 1 aliphatic rings. The highest BCUT2D eigenvalue weighted by Crippen LogP contribution is 2.25. The van der Waals surface area contributed by atoms with Crippen LogP contribution >= 0.6 is 11.3 Å². The molecular formula is C34H43N5O7S. The molecular weight excluding hydrogens is 622 g/mol. The van der Waals surface area contributed by atoms with E-state index >= 15 is 0 Å². The average Bonchev–Trinajstić information content (AvgIpc) is 3.67. The quantitative estimate of drug-likeness (QED) is 0.169. The number of ether oxygens (including phenoxy) is 2. The zero-order chi connectivity index (χ0) is 34.1. The summed E-state index contributed by atoms with van der Waals surface area (Å²) in [6, 6.07) is 11.1. The first-order chi connectivity index (χ1) is 22.4. The van der Waals surface area contributed by atoms with Crippen molar-refractivity contribution in [3.63, 3.8) is 0 Å². The molecule has 3 aromatic rings. The van der Waals surface area contributed by atoms with Crippen LogP contribution in [0.3, 0.4) is 0 Å². The molecule has 47 heavy (non-hydrogen) atoms. The van der Waals surface area contributed by atoms with Gasteiger partial charge in [-0.3, -0.25) is 24.0 Å². The molecule has 0 bridgehead atoms. The highest BCUT2D eigenvalue weighted by atomic mass is 32.1. The number of carbonyl (C=O) groups excluding carboxylic acids is 5. The topological polar surface area (TPSA) is 165 Å². The summed E-state index contributed by atoms with van der Waals surface area (Å²) in [7, 11) is 1.55. The van der Waals surface area contributed by atoms with Gasteiger partial charge in [0.25, 0.3) is 5.91 Å². The number of nitrogens with zero attached hydrogens (tertiary/aromatic N) is 1. The molecule has 4 N–H and O–H groups in total. The van der Waals surface area contributed by atoms with E-state index in [1.54, 1.807) is 45.2 Å². The highest BCUT2D eigenvalue weighted by Gasteiger charge is 2.36. The molecule has 12 nitrogen and oxygen atoms in total. The Labute approximate surface area is 278 Å². The molecule has 252 valence electrons. The van der Waals surface area contributed by atoms with Crippen molar-refractivity contribution in [2.75, 3.05) is 20.3 Å². The zero-order valence-electron chi connectivity index (χ0n) is 27.3. The van der Waals surface area contributed by atoms with Crippen molar-refractivity contribution in [1.82, 2.24) is 26.3 Å². The summed E-state index contributed by atoms with van der Waals surface area (Å²) in [5.74, 6) is -1.79. The number of ketones is 1. The molecule has 2 aromatic carbocycles. The number of para-hydroxylation sites is 1. The number of fused-ring (bicyclic) bond motifs is 1. The number of hydrogen-bond donors (Lipinski definition) is 4. The maximum absolute atomic E-state index is 13.8. The molecule has 1 aliphatic heterocycles. The highest BCUT2D eigenvalue weighted by molar-refractivity contribution is 7.20. The molecule has 1 saturated heterocycles. The van der Waals surface area contributed by atoms with Crippen molar-refractivity contribution in [3.8, 4) is 11.5 Å². The molecule has 0 aliphatic carbocycles. The lowest BCUT2D eigenvalue weighted by Gasteiger charge is -2.27. The molecule has 2 heterocycles. The van der Waals surface area contributed by atoms with Crippen molar-refractivity contribution in [2.24, 2.45) is 17.8 Å². The normalized spacial score (nSPS) is 16.3. The number of thiazole rings is 1. The third-order valence-corrected chi connectivity index (χ3v) is 8.91. The maximum atomic E-state index is 13.8. The van der Waals surface area contributed by atoms with Gasteiger partial charge in [0.05, 0.1) is 23.4 Å². The van der Waals surface area contributed by atoms with Crippen LogP contribution in [0.4, 0.5) is 0 Å². The summed E-state index contributed by atoms with van der Waals surface area (Å²) in [5, 5.41) is 11.4. The first-order valence-corrected chi connectivity index (χ1v) is 16.6. The minimum absolute atomic E-state index is 0.00932. The van der Waals surface area contributed by atoms with Crippen molar-refractivity contribution < 1.29 is 33.4 Å². The fourth-order valence-corrected chi connectivity index (χ4v) is 6.28. The number of benzene rings is 2. The van der Waals surface area contributed by atoms with Gasteiger partial charge in [-0.2, -0.15) is 0 Å². The van der Waals surface area contributed by atoms with E-state index in [1.165, 1.54) is 11.3 Å². The monoisotopic (exact) mass is 665 g/mol. The Bertz CT molecular complexity index is 1540. The number of carbonyl (C=O) groups is 5. The van der Waals surface area contributed by atoms with Gasteiger partial charge in [-0.1, -0.05) is 39.8 Å². The van der Waals surface area contributed by atoms with Crippen LogP contribution in [0.15, 0.2) is 48.5 Å². The standard InChI is InChI=1S/C34H43N5O7S/c1-19(2)16-26(37-33(44)29(20(3)4)39-28(40)18-46-23-12-10-22(45-5)11-13-23)32(43)36-25(17-21-14-15-35-31(21)42)30(41)34-38-24-8-6-7-9-27(24)47-34/h6-13,19-21,25-26,29H,14-18H2,1-5H3,(H,35,42)(H,36,43)(H,37,44)(H,39,40)/t21-,25-,26-,29-/m1/s1. The van der Waals surface area contributed by atoms with Crippen LogP contribution in [0.1, 0.15) is 56.8 Å². The first-order valence-electron chi connectivity index (χ1n) is 15.8. The molecule has 4 atom stereocenters. The second kappa shape index (κ2) is 16.3. The van der Waals surface area contributed by atoms with Crippen LogP contribution in [0.5, 0.6) is 11.5 Å². The number of methoxy groups -OCH3 is 1. The van der Waals surface area contributed by atoms with Crippen molar-refractivity contribution in [1.29, 1.82) is 0 Å². The molecule has 1 fully saturated rings. The van der Waals surface area contributed by atoms with Crippen LogP contribution in [0.2, 0.25) is 0 Å². The van der Waals surface area contributed by atoms with Crippen LogP contribution in [-0.4, -0.2) is 72.8 Å². The number of aromatic nitrogens is 1. The molecule has 0 saturated carbocycles. The Morgan fingerprint density at radius 1 is 0.936 bits per heavy atom. The van der Waals surface area contributed by atoms with Gasteiger partial charge < -0.3 is 30.7 Å². The van der Waals surface area contributed by atoms with Crippen LogP contribution in [-0.2, 0) is 19.2 Å². The van der Waals surface area contributed by atoms with Crippen molar-refractivity contribution in [2.45, 2.75) is 65.1 Å². The SMILES string of the molecule is COc1ccc(OCC(=O)N[C@@H](C(=O)N[C@H](CC(C)C)C(=O)N[C@H](C[C@H]2CCNC2=O)C(=O)c2nc3ccccc3s2)C(C)C)cc1. The number of nitrogens with one attached hydrogen (secondary N) is 4. The summed E-state index contributed by atoms with van der Waals surface area (Å²) < 4.78 is 11.5. The summed E-state index contributed by atoms with van der Waals surface area (Å²) in [5.41, 5.74) is 0.672. The molecule has 0 radical (unpaired) electrons. The first kappa shape index (κ1) is 35.3. The third kappa shape index (κ3) is 9.74. The van der Waals surface area contributed by atoms with E-state index in [2.05, 4.69) is 26.3 Å². The second-order valence-corrected chi connectivity index (χ2v) is 13.4. The summed E-state index contributed by atoms with van der Waals surface area (Å²) in [4.78, 5) is 70.8. The van der Waals surface area contributed by atoms with E-state index in [0.717, 1.165) is 4.70 Å². The molecule has 13 heteroatoms. The largest absolute Gasteiger partial charge is 0.497 e. The Morgan fingerprint density at radius 3 is 2.23 bits per heavy atom. The van der Waals surface area contributed by atoms with E-state index in [0.29, 0.717) is 30.0 Å². The fourth-order valence-electron chi connectivity index (χ4n) is 5.32. The third-order valence-electron chi connectivity index (χ3n) is 7.86. The Morgan fingerprint density at radius 2 is 1.62 bits per heavy atom. The van der Waals surface area contributed by atoms with Gasteiger partial charge in [0.15, 0.2) is 11.6 Å². The minimum Gasteiger partial charge on any atom is -0.497 e. The minimum atomic E-state index is -1.03. The number of Topliss-reactive ketones (excluding diaryl/α,β-unsaturated/α-hetero) is 1. The van der Waals surface area contributed by atoms with Gasteiger partial charge in [-0.25, -0.2) is 4.98 Å². The Kier molecular flexibility index (Phi) is 12.3. The summed E-state index contributed by atoms with van der Waals surface area (Å²) in [6.07, 6.45) is 0.929. The van der Waals surface area contributed by atoms with Crippen LogP contribution < -0.4 is 30.7 Å². The molecule has 4 rings (SSSR count). The predicted octanol–water partition coefficient (Wildman–Crippen LogP) is 3.25. The smallest absolute Gasteiger partial charge is 0.258 e. The van der Waals surface area contributed by atoms with Gasteiger partial charge in [0.2, 0.25) is 23.5 Å². The van der Waals surface area contributed by atoms with Gasteiger partial charge in [0, 0.05) is 12.5 Å². The Hall–Kier alpha value is -4.52. The molecule has 4 amide bonds. The molecule has 0 unspecified atom stereocenters. The van der Waals surface area contributed by atoms with E-state index in [1.807, 2.05) is 38.1 Å². The maximum Gasteiger partial charge on any atom is 0.258 e. The zero-order valence-corrected chi connectivity index (χ0v) is 28.1. The average molecular weight is 666 g/mol. The van der Waals surface area contributed by atoms with Gasteiger partial charge in [0.1, 0.15) is 23.6 Å². The summed E-state index contributed by atoms with van der Waals surface area (Å²) in [6.45, 7) is 7.58. The lowest BCUT2D eigenvalue weighted by Crippen LogP contribution is -2.57. The van der Waals surface area contributed by atoms with Crippen molar-refractivity contribution >= 4 is 51.0 Å². The van der Waals surface area contributed by atoms with Gasteiger partial charge in [-0.05, 0) is 67.5 Å². The molecule has 1 aromatic heterocycles. The lowest BCUT2D eigenvalue weighted by atomic mass is 9.94. The summed E-state index contributed by atoms with van der Waals surface area (Å²) >= 11 is 1.23. The molecule has 0 spiro atoms. The van der Waals surface area contributed by atoms with Gasteiger partial charge >= 0.3 is 0 Å². The van der Waals surface area contributed by atoms with Crippen molar-refractivity contribution in [3.05, 3.63) is 53.5 Å². The number of rotatable bonds is 16. The predicted molar refractivity (Wildman–Crippen MR) is 178 cm³/mol. The fraction of sp³-hybridized carbons (Fsp3) is 0.471. The second-order valence-electron chi connectivity index (χ2n) is 12.4. The number of amides is 4. The van der Waals surface area contributed by atoms with E-state index in [4.69, 9.17) is 9.47 Å². The van der Waals surface area contributed by atoms with E-state index < -0.39 is 47.5 Å². The van der Waals surface area contributed by atoms with Gasteiger partial charge in [-0.15, -0.1) is 11.3 Å². The number of hydrogen-bond acceptors (Lipinski definition) is 9. The van der Waals surface area contributed by atoms with E-state index in [9.17, 15) is 24.0 Å².